The maximum atomic E-state index is 11.8. The molecule has 0 spiro atoms. The van der Waals surface area contributed by atoms with E-state index in [1.54, 1.807) is 13.8 Å². The van der Waals surface area contributed by atoms with Gasteiger partial charge in [-0.25, -0.2) is 9.79 Å². The van der Waals surface area contributed by atoms with E-state index in [2.05, 4.69) is 4.99 Å². The van der Waals surface area contributed by atoms with Crippen molar-refractivity contribution in [1.82, 2.24) is 0 Å². The van der Waals surface area contributed by atoms with E-state index in [1.165, 1.54) is 0 Å². The van der Waals surface area contributed by atoms with Gasteiger partial charge in [0.25, 0.3) is 0 Å². The van der Waals surface area contributed by atoms with Crippen LogP contribution in [0.4, 0.5) is 0 Å². The van der Waals surface area contributed by atoms with Gasteiger partial charge in [-0.2, -0.15) is 0 Å². The Balaban J connectivity index is 2.94. The van der Waals surface area contributed by atoms with Crippen molar-refractivity contribution in [3.05, 3.63) is 35.9 Å². The molecule has 0 heterocycles. The van der Waals surface area contributed by atoms with Gasteiger partial charge in [0.05, 0.1) is 12.6 Å². The fraction of sp³-hybridized carbons (Fsp3) is 0.400. The van der Waals surface area contributed by atoms with Crippen molar-refractivity contribution in [3.8, 4) is 0 Å². The van der Waals surface area contributed by atoms with Crippen molar-refractivity contribution in [1.29, 1.82) is 0 Å². The number of nitrogens with zero attached hydrogens (tertiary/aromatic N) is 1. The maximum absolute atomic E-state index is 11.8. The average Bonchev–Trinajstić information content (AvgIpc) is 2.44. The summed E-state index contributed by atoms with van der Waals surface area (Å²) < 4.78 is 4.94. The zero-order valence-electron chi connectivity index (χ0n) is 12.0. The van der Waals surface area contributed by atoms with Crippen molar-refractivity contribution >= 4 is 28.9 Å². The average molecular weight is 292 g/mol. The molecule has 2 unspecified atom stereocenters. The van der Waals surface area contributed by atoms with Gasteiger partial charge in [-0.05, 0) is 19.4 Å². The third-order valence-electron chi connectivity index (χ3n) is 2.82. The number of nitrogens with two attached hydrogens (primary N) is 1. The van der Waals surface area contributed by atoms with E-state index in [9.17, 15) is 4.79 Å². The predicted octanol–water partition coefficient (Wildman–Crippen LogP) is 2.47. The first-order valence-corrected chi connectivity index (χ1v) is 6.98. The van der Waals surface area contributed by atoms with Crippen LogP contribution in [0.3, 0.4) is 0 Å². The Labute approximate surface area is 125 Å². The number of rotatable bonds is 5. The Morgan fingerprint density at radius 1 is 1.35 bits per heavy atom. The van der Waals surface area contributed by atoms with Gasteiger partial charge in [0.1, 0.15) is 10.7 Å². The molecule has 20 heavy (non-hydrogen) atoms. The first-order chi connectivity index (χ1) is 9.47. The molecule has 0 aliphatic heterocycles. The van der Waals surface area contributed by atoms with Gasteiger partial charge in [-0.3, -0.25) is 0 Å². The minimum Gasteiger partial charge on any atom is -0.461 e. The van der Waals surface area contributed by atoms with Gasteiger partial charge in [-0.1, -0.05) is 49.5 Å². The Morgan fingerprint density at radius 2 is 1.95 bits per heavy atom. The van der Waals surface area contributed by atoms with Crippen LogP contribution in [0.1, 0.15) is 32.3 Å². The smallest absolute Gasteiger partial charge is 0.354 e. The lowest BCUT2D eigenvalue weighted by molar-refractivity contribution is -0.135. The summed E-state index contributed by atoms with van der Waals surface area (Å²) in [6.07, 6.45) is 0. The van der Waals surface area contributed by atoms with Crippen LogP contribution >= 0.6 is 12.2 Å². The largest absolute Gasteiger partial charge is 0.461 e. The van der Waals surface area contributed by atoms with Gasteiger partial charge in [-0.15, -0.1) is 0 Å². The second-order valence-electron chi connectivity index (χ2n) is 4.48. The molecule has 2 atom stereocenters. The number of carbonyl (C=O) groups excluding carboxylic acids is 1. The lowest BCUT2D eigenvalue weighted by atomic mass is 10.0. The summed E-state index contributed by atoms with van der Waals surface area (Å²) in [5.74, 6) is -0.570. The number of hydrogen-bond acceptors (Lipinski definition) is 4. The van der Waals surface area contributed by atoms with Gasteiger partial charge in [0.2, 0.25) is 0 Å². The van der Waals surface area contributed by atoms with E-state index in [-0.39, 0.29) is 18.2 Å². The van der Waals surface area contributed by atoms with E-state index in [0.29, 0.717) is 4.99 Å². The van der Waals surface area contributed by atoms with Crippen molar-refractivity contribution in [2.45, 2.75) is 32.7 Å². The summed E-state index contributed by atoms with van der Waals surface area (Å²) in [7, 11) is 0. The Morgan fingerprint density at radius 3 is 2.45 bits per heavy atom. The van der Waals surface area contributed by atoms with Gasteiger partial charge in [0.15, 0.2) is 0 Å². The molecule has 1 aromatic carbocycles. The first-order valence-electron chi connectivity index (χ1n) is 6.57. The first kappa shape index (κ1) is 16.5. The summed E-state index contributed by atoms with van der Waals surface area (Å²) in [6, 6.07) is 9.25. The van der Waals surface area contributed by atoms with E-state index in [1.807, 2.05) is 37.3 Å². The van der Waals surface area contributed by atoms with E-state index in [0.717, 1.165) is 5.56 Å². The Kier molecular flexibility index (Phi) is 6.48. The quantitative estimate of drug-likeness (QED) is 0.514. The molecule has 0 radical (unpaired) electrons. The van der Waals surface area contributed by atoms with Gasteiger partial charge < -0.3 is 10.5 Å². The zero-order chi connectivity index (χ0) is 15.1. The standard InChI is InChI=1S/C15H20N2O2S/c1-4-19-15(18)13(11(3)16)17-14(20)10(2)12-8-6-5-7-9-12/h5-11H,4,16H2,1-3H3. The number of hydrogen-bond donors (Lipinski definition) is 1. The second-order valence-corrected chi connectivity index (χ2v) is 4.90. The molecule has 1 rings (SSSR count). The van der Waals surface area contributed by atoms with E-state index in [4.69, 9.17) is 22.7 Å². The summed E-state index contributed by atoms with van der Waals surface area (Å²) in [6.45, 7) is 5.66. The topological polar surface area (TPSA) is 64.7 Å². The summed E-state index contributed by atoms with van der Waals surface area (Å²) in [5, 5.41) is 0. The number of carbonyl (C=O) groups is 1. The lowest BCUT2D eigenvalue weighted by Crippen LogP contribution is -2.35. The molecule has 0 fully saturated rings. The van der Waals surface area contributed by atoms with Crippen LogP contribution in [0.5, 0.6) is 0 Å². The molecule has 0 aliphatic rings. The third-order valence-corrected chi connectivity index (χ3v) is 3.26. The molecule has 5 heteroatoms. The van der Waals surface area contributed by atoms with Crippen LogP contribution in [-0.4, -0.2) is 29.3 Å². The molecule has 0 amide bonds. The SMILES string of the molecule is CCOC(=O)C(=NC(=S)C(C)c1ccccc1)C(C)N. The highest BCUT2D eigenvalue weighted by Gasteiger charge is 2.20. The van der Waals surface area contributed by atoms with Crippen LogP contribution in [0, 0.1) is 0 Å². The minimum absolute atomic E-state index is 0.0608. The molecular weight excluding hydrogens is 272 g/mol. The molecule has 2 N–H and O–H groups in total. The van der Waals surface area contributed by atoms with Crippen LogP contribution < -0.4 is 5.73 Å². The molecule has 0 saturated heterocycles. The van der Waals surface area contributed by atoms with Crippen molar-refractivity contribution in [2.75, 3.05) is 6.61 Å². The molecule has 0 aromatic heterocycles. The molecule has 0 bridgehead atoms. The highest BCUT2D eigenvalue weighted by atomic mass is 32.1. The summed E-state index contributed by atoms with van der Waals surface area (Å²) in [5.41, 5.74) is 6.98. The molecule has 108 valence electrons. The predicted molar refractivity (Wildman–Crippen MR) is 85.2 cm³/mol. The van der Waals surface area contributed by atoms with Crippen LogP contribution in [0.15, 0.2) is 35.3 Å². The van der Waals surface area contributed by atoms with Crippen molar-refractivity contribution in [2.24, 2.45) is 10.7 Å². The number of ether oxygens (including phenoxy) is 1. The maximum Gasteiger partial charge on any atom is 0.354 e. The van der Waals surface area contributed by atoms with Crippen LogP contribution in [0.25, 0.3) is 0 Å². The second kappa shape index (κ2) is 7.87. The number of aliphatic imine (C=N–C) groups is 1. The minimum atomic E-state index is -0.519. The van der Waals surface area contributed by atoms with Gasteiger partial charge in [0, 0.05) is 5.92 Å². The Hall–Kier alpha value is -1.59. The van der Waals surface area contributed by atoms with Crippen LogP contribution in [-0.2, 0) is 9.53 Å². The zero-order valence-corrected chi connectivity index (χ0v) is 12.8. The number of esters is 1. The highest BCUT2D eigenvalue weighted by Crippen LogP contribution is 2.17. The molecule has 0 saturated carbocycles. The summed E-state index contributed by atoms with van der Waals surface area (Å²) in [4.78, 5) is 16.4. The number of thiocarbonyl (C=S) groups is 1. The summed E-state index contributed by atoms with van der Waals surface area (Å²) >= 11 is 5.31. The normalized spacial score (nSPS) is 14.5. The fourth-order valence-corrected chi connectivity index (χ4v) is 1.87. The third kappa shape index (κ3) is 4.51. The molecular formula is C15H20N2O2S. The molecule has 0 aliphatic carbocycles. The molecule has 4 nitrogen and oxygen atoms in total. The van der Waals surface area contributed by atoms with Crippen molar-refractivity contribution < 1.29 is 9.53 Å². The highest BCUT2D eigenvalue weighted by molar-refractivity contribution is 7.80. The van der Waals surface area contributed by atoms with Crippen LogP contribution in [0.2, 0.25) is 0 Å². The van der Waals surface area contributed by atoms with E-state index >= 15 is 0 Å². The fourth-order valence-electron chi connectivity index (χ4n) is 1.64. The monoisotopic (exact) mass is 292 g/mol. The van der Waals surface area contributed by atoms with Gasteiger partial charge >= 0.3 is 5.97 Å². The number of benzene rings is 1. The molecule has 1 aromatic rings. The lowest BCUT2D eigenvalue weighted by Gasteiger charge is -2.13. The van der Waals surface area contributed by atoms with Crippen molar-refractivity contribution in [3.63, 3.8) is 0 Å². The Bertz CT molecular complexity index is 498. The van der Waals surface area contributed by atoms with E-state index < -0.39 is 12.0 Å².